The molecule has 9 nitrogen and oxygen atoms in total. The van der Waals surface area contributed by atoms with Crippen molar-refractivity contribution in [3.63, 3.8) is 0 Å². The van der Waals surface area contributed by atoms with Crippen molar-refractivity contribution in [1.29, 1.82) is 0 Å². The molecule has 0 spiro atoms. The van der Waals surface area contributed by atoms with Crippen LogP contribution in [0.2, 0.25) is 0 Å². The van der Waals surface area contributed by atoms with Crippen LogP contribution in [0.25, 0.3) is 16.9 Å². The number of piperazine rings is 1. The third-order valence-electron chi connectivity index (χ3n) is 6.33. The summed E-state index contributed by atoms with van der Waals surface area (Å²) in [5.74, 6) is 8.46. The molecule has 2 fully saturated rings. The molecule has 32 heavy (non-hydrogen) atoms. The molecule has 0 amide bonds. The van der Waals surface area contributed by atoms with E-state index in [4.69, 9.17) is 9.72 Å². The summed E-state index contributed by atoms with van der Waals surface area (Å²) in [6, 6.07) is 4.24. The van der Waals surface area contributed by atoms with Gasteiger partial charge in [-0.25, -0.2) is 4.98 Å². The van der Waals surface area contributed by atoms with E-state index in [1.165, 1.54) is 0 Å². The third-order valence-corrected chi connectivity index (χ3v) is 6.33. The standard InChI is InChI=1S/C23H30N8O/c1-3-28-9-11-29(12-10-28)8-4-5-19-15-22(30-13-14-32-17-18(30)2)26-23-20(19)16-25-31(23)21-6-7-24-27-21/h6-7,15-16,18H,3,8-14,17H2,1-2H3,(H,24,27)/t18-/m1/s1. The van der Waals surface area contributed by atoms with E-state index < -0.39 is 0 Å². The number of fused-ring (bicyclic) bond motifs is 1. The summed E-state index contributed by atoms with van der Waals surface area (Å²) in [7, 11) is 0. The van der Waals surface area contributed by atoms with E-state index in [-0.39, 0.29) is 6.04 Å². The lowest BCUT2D eigenvalue weighted by Gasteiger charge is -2.34. The summed E-state index contributed by atoms with van der Waals surface area (Å²) < 4.78 is 7.40. The van der Waals surface area contributed by atoms with E-state index in [9.17, 15) is 0 Å². The van der Waals surface area contributed by atoms with Gasteiger partial charge >= 0.3 is 0 Å². The molecule has 0 bridgehead atoms. The van der Waals surface area contributed by atoms with Gasteiger partial charge in [-0.1, -0.05) is 18.8 Å². The number of hydrogen-bond donors (Lipinski definition) is 1. The fourth-order valence-corrected chi connectivity index (χ4v) is 4.35. The molecule has 2 aliphatic heterocycles. The zero-order valence-electron chi connectivity index (χ0n) is 18.8. The van der Waals surface area contributed by atoms with Crippen LogP contribution in [0.4, 0.5) is 5.82 Å². The van der Waals surface area contributed by atoms with Gasteiger partial charge in [-0.2, -0.15) is 14.9 Å². The van der Waals surface area contributed by atoms with E-state index >= 15 is 0 Å². The van der Waals surface area contributed by atoms with Crippen molar-refractivity contribution in [1.82, 2.24) is 34.8 Å². The Bertz CT molecular complexity index is 1100. The highest BCUT2D eigenvalue weighted by Crippen LogP contribution is 2.26. The molecule has 0 aliphatic carbocycles. The lowest BCUT2D eigenvalue weighted by Crippen LogP contribution is -2.46. The lowest BCUT2D eigenvalue weighted by molar-refractivity contribution is 0.0985. The quantitative estimate of drug-likeness (QED) is 0.621. The van der Waals surface area contributed by atoms with Crippen molar-refractivity contribution < 1.29 is 4.74 Å². The van der Waals surface area contributed by atoms with Gasteiger partial charge in [0.25, 0.3) is 0 Å². The van der Waals surface area contributed by atoms with Crippen molar-refractivity contribution in [3.8, 4) is 17.7 Å². The summed E-state index contributed by atoms with van der Waals surface area (Å²) >= 11 is 0. The number of pyridine rings is 1. The maximum absolute atomic E-state index is 5.63. The first-order valence-electron chi connectivity index (χ1n) is 11.4. The van der Waals surface area contributed by atoms with Crippen LogP contribution >= 0.6 is 0 Å². The van der Waals surface area contributed by atoms with Crippen molar-refractivity contribution in [2.24, 2.45) is 0 Å². The minimum atomic E-state index is 0.256. The number of aromatic amines is 1. The van der Waals surface area contributed by atoms with Gasteiger partial charge in [0.05, 0.1) is 37.4 Å². The molecule has 1 atom stereocenters. The second kappa shape index (κ2) is 9.28. The smallest absolute Gasteiger partial charge is 0.177 e. The van der Waals surface area contributed by atoms with Gasteiger partial charge in [0.2, 0.25) is 0 Å². The molecule has 0 radical (unpaired) electrons. The number of nitrogens with one attached hydrogen (secondary N) is 1. The SMILES string of the molecule is CCN1CCN(CC#Cc2cc(N3CCOC[C@H]3C)nc3c2cnn3-c2cc[nH]n2)CC1. The van der Waals surface area contributed by atoms with Crippen LogP contribution in [0.1, 0.15) is 19.4 Å². The molecule has 2 aliphatic rings. The molecule has 1 N–H and O–H groups in total. The normalized spacial score (nSPS) is 20.4. The summed E-state index contributed by atoms with van der Waals surface area (Å²) in [6.45, 7) is 12.9. The Morgan fingerprint density at radius 2 is 2.00 bits per heavy atom. The zero-order chi connectivity index (χ0) is 21.9. The predicted octanol–water partition coefficient (Wildman–Crippen LogP) is 1.36. The van der Waals surface area contributed by atoms with Gasteiger partial charge in [0, 0.05) is 50.6 Å². The van der Waals surface area contributed by atoms with E-state index in [0.717, 1.165) is 68.2 Å². The van der Waals surface area contributed by atoms with Crippen LogP contribution in [-0.4, -0.2) is 99.8 Å². The van der Waals surface area contributed by atoms with Crippen molar-refractivity contribution >= 4 is 16.9 Å². The van der Waals surface area contributed by atoms with Crippen LogP contribution in [0.15, 0.2) is 24.5 Å². The Hall–Kier alpha value is -2.93. The Balaban J connectivity index is 1.47. The summed E-state index contributed by atoms with van der Waals surface area (Å²) in [5, 5.41) is 12.7. The number of anilines is 1. The van der Waals surface area contributed by atoms with Gasteiger partial charge in [0.1, 0.15) is 5.82 Å². The van der Waals surface area contributed by atoms with E-state index in [0.29, 0.717) is 19.0 Å². The Morgan fingerprint density at radius 3 is 2.75 bits per heavy atom. The largest absolute Gasteiger partial charge is 0.377 e. The van der Waals surface area contributed by atoms with Crippen molar-refractivity contribution in [2.45, 2.75) is 19.9 Å². The average Bonchev–Trinajstić information content (AvgIpc) is 3.49. The zero-order valence-corrected chi connectivity index (χ0v) is 18.8. The molecule has 0 aromatic carbocycles. The van der Waals surface area contributed by atoms with E-state index in [2.05, 4.69) is 61.8 Å². The van der Waals surface area contributed by atoms with Gasteiger partial charge in [-0.3, -0.25) is 10.00 Å². The molecule has 3 aromatic heterocycles. The Kier molecular flexibility index (Phi) is 6.08. The van der Waals surface area contributed by atoms with Crippen LogP contribution in [0.5, 0.6) is 0 Å². The predicted molar refractivity (Wildman–Crippen MR) is 124 cm³/mol. The van der Waals surface area contributed by atoms with E-state index in [1.54, 1.807) is 10.9 Å². The number of morpholine rings is 1. The summed E-state index contributed by atoms with van der Waals surface area (Å²) in [5.41, 5.74) is 1.73. The maximum atomic E-state index is 5.63. The highest BCUT2D eigenvalue weighted by atomic mass is 16.5. The first-order valence-corrected chi connectivity index (χ1v) is 11.4. The maximum Gasteiger partial charge on any atom is 0.177 e. The molecule has 0 saturated carbocycles. The number of ether oxygens (including phenoxy) is 1. The minimum Gasteiger partial charge on any atom is -0.377 e. The van der Waals surface area contributed by atoms with E-state index in [1.807, 2.05) is 12.3 Å². The van der Waals surface area contributed by atoms with Crippen molar-refractivity contribution in [3.05, 3.63) is 30.1 Å². The monoisotopic (exact) mass is 434 g/mol. The topological polar surface area (TPSA) is 78.3 Å². The Morgan fingerprint density at radius 1 is 1.16 bits per heavy atom. The second-order valence-corrected chi connectivity index (χ2v) is 8.38. The number of likely N-dealkylation sites (N-methyl/N-ethyl adjacent to an activating group) is 1. The summed E-state index contributed by atoms with van der Waals surface area (Å²) in [6.07, 6.45) is 3.63. The third kappa shape index (κ3) is 4.21. The molecule has 5 heterocycles. The summed E-state index contributed by atoms with van der Waals surface area (Å²) in [4.78, 5) is 12.2. The molecular formula is C23H30N8O. The lowest BCUT2D eigenvalue weighted by atomic mass is 10.1. The highest BCUT2D eigenvalue weighted by Gasteiger charge is 2.23. The van der Waals surface area contributed by atoms with Gasteiger partial charge in [-0.15, -0.1) is 0 Å². The number of hydrogen-bond acceptors (Lipinski definition) is 7. The second-order valence-electron chi connectivity index (χ2n) is 8.38. The Labute approximate surface area is 188 Å². The fourth-order valence-electron chi connectivity index (χ4n) is 4.35. The molecule has 0 unspecified atom stereocenters. The number of rotatable bonds is 4. The molecule has 9 heteroatoms. The number of aromatic nitrogens is 5. The minimum absolute atomic E-state index is 0.256. The highest BCUT2D eigenvalue weighted by molar-refractivity contribution is 5.85. The first kappa shape index (κ1) is 20.9. The van der Waals surface area contributed by atoms with Crippen LogP contribution in [-0.2, 0) is 4.74 Å². The van der Waals surface area contributed by atoms with Crippen LogP contribution < -0.4 is 4.90 Å². The average molecular weight is 435 g/mol. The first-order chi connectivity index (χ1) is 15.7. The number of nitrogens with zero attached hydrogens (tertiary/aromatic N) is 7. The fraction of sp³-hybridized carbons (Fsp3) is 0.522. The molecular weight excluding hydrogens is 404 g/mol. The molecule has 168 valence electrons. The van der Waals surface area contributed by atoms with Crippen LogP contribution in [0, 0.1) is 11.8 Å². The van der Waals surface area contributed by atoms with Gasteiger partial charge in [0.15, 0.2) is 11.5 Å². The van der Waals surface area contributed by atoms with Crippen molar-refractivity contribution in [2.75, 3.05) is 63.9 Å². The molecule has 5 rings (SSSR count). The van der Waals surface area contributed by atoms with Gasteiger partial charge < -0.3 is 14.5 Å². The molecule has 2 saturated heterocycles. The molecule has 3 aromatic rings. The number of H-pyrrole nitrogens is 1. The van der Waals surface area contributed by atoms with Gasteiger partial charge in [-0.05, 0) is 19.5 Å². The van der Waals surface area contributed by atoms with Crippen LogP contribution in [0.3, 0.4) is 0 Å².